The lowest BCUT2D eigenvalue weighted by atomic mass is 9.89. The Balaban J connectivity index is 0.000000203. The summed E-state index contributed by atoms with van der Waals surface area (Å²) >= 11 is 0. The standard InChI is InChI=1S/C17H24.C6H6O/c1-13-10-16(14-6-2-3-7-14)12-17(11-13)15-8-4-5-9-15;7-6-4-2-1-3-5-6/h10-12,14-15H,2-9H2,1H3;1-5,7H. The van der Waals surface area contributed by atoms with Crippen molar-refractivity contribution in [1.82, 2.24) is 0 Å². The van der Waals surface area contributed by atoms with Gasteiger partial charge in [0.05, 0.1) is 0 Å². The summed E-state index contributed by atoms with van der Waals surface area (Å²) in [6.07, 6.45) is 11.5. The lowest BCUT2D eigenvalue weighted by Crippen LogP contribution is -1.98. The third-order valence-electron chi connectivity index (χ3n) is 5.53. The molecule has 1 N–H and O–H groups in total. The molecule has 4 rings (SSSR count). The molecule has 2 aliphatic carbocycles. The van der Waals surface area contributed by atoms with Crippen LogP contribution in [0.25, 0.3) is 0 Å². The van der Waals surface area contributed by atoms with Gasteiger partial charge in [-0.2, -0.15) is 0 Å². The molecule has 2 fully saturated rings. The van der Waals surface area contributed by atoms with Crippen molar-refractivity contribution in [2.75, 3.05) is 0 Å². The van der Waals surface area contributed by atoms with E-state index >= 15 is 0 Å². The molecule has 0 saturated heterocycles. The molecule has 128 valence electrons. The molecule has 0 heterocycles. The lowest BCUT2D eigenvalue weighted by Gasteiger charge is -2.16. The van der Waals surface area contributed by atoms with Crippen LogP contribution in [0.4, 0.5) is 0 Å². The minimum absolute atomic E-state index is 0.322. The molecule has 0 aromatic heterocycles. The number of hydrogen-bond donors (Lipinski definition) is 1. The fourth-order valence-corrected chi connectivity index (χ4v) is 4.26. The maximum absolute atomic E-state index is 8.63. The Labute approximate surface area is 146 Å². The highest BCUT2D eigenvalue weighted by molar-refractivity contribution is 5.34. The molecule has 2 aromatic carbocycles. The van der Waals surface area contributed by atoms with E-state index in [-0.39, 0.29) is 0 Å². The molecular formula is C23H30O. The van der Waals surface area contributed by atoms with Crippen LogP contribution < -0.4 is 0 Å². The van der Waals surface area contributed by atoms with Gasteiger partial charge in [0, 0.05) is 0 Å². The van der Waals surface area contributed by atoms with Crippen molar-refractivity contribution in [3.05, 3.63) is 65.2 Å². The molecular weight excluding hydrogens is 292 g/mol. The van der Waals surface area contributed by atoms with E-state index in [4.69, 9.17) is 5.11 Å². The second-order valence-electron chi connectivity index (χ2n) is 7.48. The number of hydrogen-bond acceptors (Lipinski definition) is 1. The van der Waals surface area contributed by atoms with E-state index in [1.165, 1.54) is 56.9 Å². The van der Waals surface area contributed by atoms with E-state index in [1.807, 2.05) is 6.07 Å². The SMILES string of the molecule is Cc1cc(C2CCCC2)cc(C2CCCC2)c1.Oc1ccccc1. The Morgan fingerprint density at radius 3 is 1.54 bits per heavy atom. The number of benzene rings is 2. The van der Waals surface area contributed by atoms with Gasteiger partial charge in [-0.15, -0.1) is 0 Å². The number of aromatic hydroxyl groups is 1. The first kappa shape index (κ1) is 17.1. The van der Waals surface area contributed by atoms with Crippen molar-refractivity contribution in [2.24, 2.45) is 0 Å². The van der Waals surface area contributed by atoms with Crippen molar-refractivity contribution >= 4 is 0 Å². The van der Waals surface area contributed by atoms with Gasteiger partial charge in [0.25, 0.3) is 0 Å². The predicted molar refractivity (Wildman–Crippen MR) is 102 cm³/mol. The third-order valence-corrected chi connectivity index (χ3v) is 5.53. The first-order valence-corrected chi connectivity index (χ1v) is 9.58. The van der Waals surface area contributed by atoms with E-state index < -0.39 is 0 Å². The summed E-state index contributed by atoms with van der Waals surface area (Å²) < 4.78 is 0. The Kier molecular flexibility index (Phi) is 5.96. The Hall–Kier alpha value is -1.76. The van der Waals surface area contributed by atoms with Gasteiger partial charge in [-0.25, -0.2) is 0 Å². The summed E-state index contributed by atoms with van der Waals surface area (Å²) in [5, 5.41) is 8.63. The number of phenolic OH excluding ortho intramolecular Hbond substituents is 1. The van der Waals surface area contributed by atoms with Gasteiger partial charge in [0.2, 0.25) is 0 Å². The van der Waals surface area contributed by atoms with Crippen LogP contribution >= 0.6 is 0 Å². The molecule has 2 aromatic rings. The molecule has 0 radical (unpaired) electrons. The second-order valence-corrected chi connectivity index (χ2v) is 7.48. The largest absolute Gasteiger partial charge is 0.508 e. The van der Waals surface area contributed by atoms with Gasteiger partial charge in [-0.3, -0.25) is 0 Å². The van der Waals surface area contributed by atoms with Crippen LogP contribution in [0.3, 0.4) is 0 Å². The number of phenols is 1. The van der Waals surface area contributed by atoms with E-state index in [9.17, 15) is 0 Å². The quantitative estimate of drug-likeness (QED) is 0.652. The number of aryl methyl sites for hydroxylation is 1. The first-order chi connectivity index (χ1) is 11.7. The van der Waals surface area contributed by atoms with Crippen LogP contribution in [-0.2, 0) is 0 Å². The van der Waals surface area contributed by atoms with E-state index in [2.05, 4.69) is 25.1 Å². The van der Waals surface area contributed by atoms with Crippen molar-refractivity contribution in [3.8, 4) is 5.75 Å². The van der Waals surface area contributed by atoms with Gasteiger partial charge in [-0.05, 0) is 67.7 Å². The van der Waals surface area contributed by atoms with Crippen LogP contribution in [0.5, 0.6) is 5.75 Å². The topological polar surface area (TPSA) is 20.2 Å². The fourth-order valence-electron chi connectivity index (χ4n) is 4.26. The Bertz CT molecular complexity index is 585. The second kappa shape index (κ2) is 8.37. The van der Waals surface area contributed by atoms with E-state index in [1.54, 1.807) is 35.4 Å². The molecule has 0 atom stereocenters. The smallest absolute Gasteiger partial charge is 0.115 e. The third kappa shape index (κ3) is 4.63. The summed E-state index contributed by atoms with van der Waals surface area (Å²) in [5.41, 5.74) is 4.77. The van der Waals surface area contributed by atoms with Crippen LogP contribution in [0.1, 0.15) is 79.9 Å². The van der Waals surface area contributed by atoms with Crippen molar-refractivity contribution in [2.45, 2.75) is 70.1 Å². The minimum Gasteiger partial charge on any atom is -0.508 e. The monoisotopic (exact) mass is 322 g/mol. The molecule has 0 amide bonds. The summed E-state index contributed by atoms with van der Waals surface area (Å²) in [6.45, 7) is 2.27. The molecule has 1 heteroatoms. The highest BCUT2D eigenvalue weighted by Gasteiger charge is 2.21. The Morgan fingerprint density at radius 1 is 0.708 bits per heavy atom. The minimum atomic E-state index is 0.322. The Morgan fingerprint density at radius 2 is 1.17 bits per heavy atom. The zero-order valence-corrected chi connectivity index (χ0v) is 14.9. The van der Waals surface area contributed by atoms with Gasteiger partial charge in [0.15, 0.2) is 0 Å². The summed E-state index contributed by atoms with van der Waals surface area (Å²) in [7, 11) is 0. The zero-order chi connectivity index (χ0) is 16.8. The number of para-hydroxylation sites is 1. The van der Waals surface area contributed by atoms with Crippen molar-refractivity contribution in [1.29, 1.82) is 0 Å². The van der Waals surface area contributed by atoms with Crippen molar-refractivity contribution in [3.63, 3.8) is 0 Å². The lowest BCUT2D eigenvalue weighted by molar-refractivity contribution is 0.475. The van der Waals surface area contributed by atoms with Crippen LogP contribution in [0, 0.1) is 6.92 Å². The van der Waals surface area contributed by atoms with Crippen LogP contribution in [0.2, 0.25) is 0 Å². The van der Waals surface area contributed by atoms with Crippen LogP contribution in [-0.4, -0.2) is 5.11 Å². The molecule has 24 heavy (non-hydrogen) atoms. The first-order valence-electron chi connectivity index (χ1n) is 9.58. The molecule has 0 unspecified atom stereocenters. The van der Waals surface area contributed by atoms with Gasteiger partial charge in [0.1, 0.15) is 5.75 Å². The molecule has 0 spiro atoms. The summed E-state index contributed by atoms with van der Waals surface area (Å²) in [6, 6.07) is 16.1. The van der Waals surface area contributed by atoms with Gasteiger partial charge in [-0.1, -0.05) is 67.6 Å². The molecule has 1 nitrogen and oxygen atoms in total. The maximum Gasteiger partial charge on any atom is 0.115 e. The van der Waals surface area contributed by atoms with Gasteiger partial charge < -0.3 is 5.11 Å². The van der Waals surface area contributed by atoms with E-state index in [0.29, 0.717) is 5.75 Å². The normalized spacial score (nSPS) is 18.4. The highest BCUT2D eigenvalue weighted by Crippen LogP contribution is 2.39. The fraction of sp³-hybridized carbons (Fsp3) is 0.478. The number of rotatable bonds is 2. The zero-order valence-electron chi connectivity index (χ0n) is 14.9. The summed E-state index contributed by atoms with van der Waals surface area (Å²) in [5.74, 6) is 2.06. The average Bonchev–Trinajstić information content (AvgIpc) is 3.30. The van der Waals surface area contributed by atoms with Crippen LogP contribution in [0.15, 0.2) is 48.5 Å². The van der Waals surface area contributed by atoms with Gasteiger partial charge >= 0.3 is 0 Å². The van der Waals surface area contributed by atoms with Crippen molar-refractivity contribution < 1.29 is 5.11 Å². The molecule has 2 saturated carbocycles. The maximum atomic E-state index is 8.63. The summed E-state index contributed by atoms with van der Waals surface area (Å²) in [4.78, 5) is 0. The predicted octanol–water partition coefficient (Wildman–Crippen LogP) is 6.70. The average molecular weight is 322 g/mol. The van der Waals surface area contributed by atoms with E-state index in [0.717, 1.165) is 11.8 Å². The highest BCUT2D eigenvalue weighted by atomic mass is 16.3. The molecule has 0 aliphatic heterocycles. The molecule has 0 bridgehead atoms. The molecule has 2 aliphatic rings.